The SMILES string of the molecule is CC=C(C)NCCC1=CCCCC1. The Kier molecular flexibility index (Phi) is 4.66. The molecule has 1 nitrogen and oxygen atoms in total. The zero-order valence-electron chi connectivity index (χ0n) is 8.90. The zero-order valence-corrected chi connectivity index (χ0v) is 8.90. The van der Waals surface area contributed by atoms with Gasteiger partial charge in [0, 0.05) is 12.2 Å². The lowest BCUT2D eigenvalue weighted by atomic mass is 9.97. The summed E-state index contributed by atoms with van der Waals surface area (Å²) < 4.78 is 0. The molecule has 0 heterocycles. The highest BCUT2D eigenvalue weighted by atomic mass is 14.9. The molecule has 1 aliphatic carbocycles. The van der Waals surface area contributed by atoms with Crippen LogP contribution in [0.1, 0.15) is 46.0 Å². The first-order valence-electron chi connectivity index (χ1n) is 5.37. The van der Waals surface area contributed by atoms with Gasteiger partial charge in [0.05, 0.1) is 0 Å². The molecule has 1 rings (SSSR count). The van der Waals surface area contributed by atoms with Crippen molar-refractivity contribution in [2.24, 2.45) is 0 Å². The summed E-state index contributed by atoms with van der Waals surface area (Å²) in [7, 11) is 0. The molecule has 13 heavy (non-hydrogen) atoms. The second kappa shape index (κ2) is 5.85. The van der Waals surface area contributed by atoms with Crippen molar-refractivity contribution in [1.82, 2.24) is 5.32 Å². The van der Waals surface area contributed by atoms with Gasteiger partial charge in [-0.1, -0.05) is 17.7 Å². The quantitative estimate of drug-likeness (QED) is 0.652. The van der Waals surface area contributed by atoms with Crippen molar-refractivity contribution in [1.29, 1.82) is 0 Å². The highest BCUT2D eigenvalue weighted by Gasteiger charge is 2.02. The fraction of sp³-hybridized carbons (Fsp3) is 0.667. The average Bonchev–Trinajstić information content (AvgIpc) is 2.19. The predicted octanol–water partition coefficient (Wildman–Crippen LogP) is 3.39. The van der Waals surface area contributed by atoms with Crippen LogP contribution < -0.4 is 5.32 Å². The molecule has 1 N–H and O–H groups in total. The van der Waals surface area contributed by atoms with Gasteiger partial charge in [-0.25, -0.2) is 0 Å². The lowest BCUT2D eigenvalue weighted by Crippen LogP contribution is -2.13. The van der Waals surface area contributed by atoms with Crippen LogP contribution in [-0.4, -0.2) is 6.54 Å². The van der Waals surface area contributed by atoms with Crippen molar-refractivity contribution in [3.8, 4) is 0 Å². The number of hydrogen-bond acceptors (Lipinski definition) is 1. The molecule has 0 saturated carbocycles. The highest BCUT2D eigenvalue weighted by Crippen LogP contribution is 2.19. The van der Waals surface area contributed by atoms with Crippen LogP contribution in [0.4, 0.5) is 0 Å². The first-order chi connectivity index (χ1) is 6.33. The Bertz CT molecular complexity index is 201. The van der Waals surface area contributed by atoms with Crippen molar-refractivity contribution < 1.29 is 0 Å². The minimum atomic E-state index is 1.10. The first kappa shape index (κ1) is 10.4. The van der Waals surface area contributed by atoms with E-state index in [0.29, 0.717) is 0 Å². The Hall–Kier alpha value is -0.720. The summed E-state index contributed by atoms with van der Waals surface area (Å²) in [5, 5.41) is 3.40. The Morgan fingerprint density at radius 1 is 1.54 bits per heavy atom. The summed E-state index contributed by atoms with van der Waals surface area (Å²) in [6.45, 7) is 5.29. The molecule has 0 aromatic rings. The van der Waals surface area contributed by atoms with Crippen molar-refractivity contribution in [2.75, 3.05) is 6.54 Å². The van der Waals surface area contributed by atoms with Gasteiger partial charge in [0.1, 0.15) is 0 Å². The van der Waals surface area contributed by atoms with Crippen LogP contribution in [0.25, 0.3) is 0 Å². The maximum atomic E-state index is 3.40. The molecule has 74 valence electrons. The molecule has 0 aromatic carbocycles. The molecule has 0 aromatic heterocycles. The van der Waals surface area contributed by atoms with Crippen molar-refractivity contribution in [2.45, 2.75) is 46.0 Å². The molecule has 0 unspecified atom stereocenters. The third-order valence-electron chi connectivity index (χ3n) is 2.67. The van der Waals surface area contributed by atoms with Crippen LogP contribution >= 0.6 is 0 Å². The monoisotopic (exact) mass is 179 g/mol. The Labute approximate surface area is 81.9 Å². The van der Waals surface area contributed by atoms with Crippen molar-refractivity contribution >= 4 is 0 Å². The Balaban J connectivity index is 2.15. The summed E-state index contributed by atoms with van der Waals surface area (Å²) >= 11 is 0. The molecule has 1 heteroatoms. The van der Waals surface area contributed by atoms with Gasteiger partial charge < -0.3 is 5.32 Å². The topological polar surface area (TPSA) is 12.0 Å². The molecule has 0 bridgehead atoms. The molecule has 0 amide bonds. The number of hydrogen-bond donors (Lipinski definition) is 1. The fourth-order valence-electron chi connectivity index (χ4n) is 1.65. The van der Waals surface area contributed by atoms with Gasteiger partial charge >= 0.3 is 0 Å². The van der Waals surface area contributed by atoms with Gasteiger partial charge in [-0.3, -0.25) is 0 Å². The van der Waals surface area contributed by atoms with Gasteiger partial charge in [0.2, 0.25) is 0 Å². The van der Waals surface area contributed by atoms with E-state index in [4.69, 9.17) is 0 Å². The zero-order chi connectivity index (χ0) is 9.52. The van der Waals surface area contributed by atoms with E-state index in [0.717, 1.165) is 6.54 Å². The van der Waals surface area contributed by atoms with Crippen LogP contribution in [-0.2, 0) is 0 Å². The van der Waals surface area contributed by atoms with E-state index in [9.17, 15) is 0 Å². The Morgan fingerprint density at radius 3 is 3.00 bits per heavy atom. The molecule has 0 radical (unpaired) electrons. The maximum Gasteiger partial charge on any atom is 0.0181 e. The smallest absolute Gasteiger partial charge is 0.0181 e. The van der Waals surface area contributed by atoms with Crippen molar-refractivity contribution in [3.63, 3.8) is 0 Å². The number of allylic oxidation sites excluding steroid dienone is 3. The van der Waals surface area contributed by atoms with Crippen LogP contribution in [0.5, 0.6) is 0 Å². The molecule has 0 spiro atoms. The summed E-state index contributed by atoms with van der Waals surface area (Å²) in [5.41, 5.74) is 2.94. The summed E-state index contributed by atoms with van der Waals surface area (Å²) in [5.74, 6) is 0. The van der Waals surface area contributed by atoms with E-state index in [1.54, 1.807) is 5.57 Å². The van der Waals surface area contributed by atoms with Gasteiger partial charge in [-0.05, 0) is 46.0 Å². The van der Waals surface area contributed by atoms with Gasteiger partial charge in [-0.2, -0.15) is 0 Å². The molecule has 0 aliphatic heterocycles. The lowest BCUT2D eigenvalue weighted by Gasteiger charge is -2.13. The van der Waals surface area contributed by atoms with Gasteiger partial charge in [0.25, 0.3) is 0 Å². The third kappa shape index (κ3) is 4.16. The Morgan fingerprint density at radius 2 is 2.38 bits per heavy atom. The van der Waals surface area contributed by atoms with E-state index in [2.05, 4.69) is 31.3 Å². The minimum absolute atomic E-state index is 1.10. The molecular formula is C12H21N. The number of nitrogens with one attached hydrogen (secondary N) is 1. The summed E-state index contributed by atoms with van der Waals surface area (Å²) in [4.78, 5) is 0. The molecular weight excluding hydrogens is 158 g/mol. The molecule has 0 saturated heterocycles. The summed E-state index contributed by atoms with van der Waals surface area (Å²) in [6, 6.07) is 0. The van der Waals surface area contributed by atoms with Crippen LogP contribution in [0.15, 0.2) is 23.4 Å². The van der Waals surface area contributed by atoms with E-state index in [1.165, 1.54) is 37.8 Å². The average molecular weight is 179 g/mol. The van der Waals surface area contributed by atoms with E-state index in [1.807, 2.05) is 0 Å². The predicted molar refractivity (Wildman–Crippen MR) is 58.6 cm³/mol. The maximum absolute atomic E-state index is 3.40. The molecule has 1 aliphatic rings. The van der Waals surface area contributed by atoms with Gasteiger partial charge in [-0.15, -0.1) is 0 Å². The second-order valence-electron chi connectivity index (χ2n) is 3.76. The van der Waals surface area contributed by atoms with Crippen LogP contribution in [0.3, 0.4) is 0 Å². The normalized spacial score (nSPS) is 18.3. The van der Waals surface area contributed by atoms with Gasteiger partial charge in [0.15, 0.2) is 0 Å². The fourth-order valence-corrected chi connectivity index (χ4v) is 1.65. The van der Waals surface area contributed by atoms with E-state index >= 15 is 0 Å². The van der Waals surface area contributed by atoms with E-state index < -0.39 is 0 Å². The van der Waals surface area contributed by atoms with Crippen LogP contribution in [0, 0.1) is 0 Å². The number of rotatable bonds is 4. The first-order valence-corrected chi connectivity index (χ1v) is 5.37. The van der Waals surface area contributed by atoms with Crippen LogP contribution in [0.2, 0.25) is 0 Å². The largest absolute Gasteiger partial charge is 0.389 e. The van der Waals surface area contributed by atoms with E-state index in [-0.39, 0.29) is 0 Å². The summed E-state index contributed by atoms with van der Waals surface area (Å²) in [6.07, 6.45) is 11.2. The molecule has 0 fully saturated rings. The second-order valence-corrected chi connectivity index (χ2v) is 3.76. The standard InChI is InChI=1S/C12H21N/c1-3-11(2)13-10-9-12-7-5-4-6-8-12/h3,7,13H,4-6,8-10H2,1-2H3. The van der Waals surface area contributed by atoms with Crippen molar-refractivity contribution in [3.05, 3.63) is 23.4 Å². The highest BCUT2D eigenvalue weighted by molar-refractivity contribution is 5.06. The molecule has 0 atom stereocenters. The minimum Gasteiger partial charge on any atom is -0.389 e. The lowest BCUT2D eigenvalue weighted by molar-refractivity contribution is 0.659. The third-order valence-corrected chi connectivity index (χ3v) is 2.67.